The van der Waals surface area contributed by atoms with Crippen molar-refractivity contribution in [3.8, 4) is 0 Å². The third-order valence-corrected chi connectivity index (χ3v) is 9.39. The number of carbonyl (C=O) groups is 2. The van der Waals surface area contributed by atoms with E-state index in [2.05, 4.69) is 5.32 Å². The standard InChI is InChI=1S/C27H34N2O5S/c1-35(33,34)22-7-5-6-21(18-22)27(16-14-26(15-17-27)12-3-2-4-13-26)23(29-25(28)32)19-8-10-20(11-9-19)24(30)31/h5-11,18,23H,2-4,12-17H2,1H3,(H,30,31)(H3,28,29,32). The van der Waals surface area contributed by atoms with E-state index in [1.165, 1.54) is 50.5 Å². The number of carboxylic acids is 1. The average Bonchev–Trinajstić information content (AvgIpc) is 2.83. The summed E-state index contributed by atoms with van der Waals surface area (Å²) < 4.78 is 24.8. The van der Waals surface area contributed by atoms with Crippen LogP contribution in [-0.2, 0) is 15.3 Å². The monoisotopic (exact) mass is 498 g/mol. The number of primary amides is 1. The summed E-state index contributed by atoms with van der Waals surface area (Å²) in [5, 5.41) is 12.3. The number of benzene rings is 2. The van der Waals surface area contributed by atoms with Crippen molar-refractivity contribution in [2.45, 2.75) is 74.1 Å². The van der Waals surface area contributed by atoms with Crippen molar-refractivity contribution in [3.63, 3.8) is 0 Å². The lowest BCUT2D eigenvalue weighted by atomic mass is 9.54. The van der Waals surface area contributed by atoms with Gasteiger partial charge in [-0.25, -0.2) is 18.0 Å². The molecular formula is C27H34N2O5S. The number of nitrogens with one attached hydrogen (secondary N) is 1. The Morgan fingerprint density at radius 3 is 2.11 bits per heavy atom. The molecule has 2 amide bonds. The maximum atomic E-state index is 12.4. The van der Waals surface area contributed by atoms with E-state index in [-0.39, 0.29) is 10.5 Å². The summed E-state index contributed by atoms with van der Waals surface area (Å²) in [4.78, 5) is 23.9. The van der Waals surface area contributed by atoms with E-state index in [1.54, 1.807) is 30.3 Å². The predicted octanol–water partition coefficient (Wildman–Crippen LogP) is 4.96. The molecule has 0 saturated heterocycles. The molecule has 4 N–H and O–H groups in total. The fraction of sp³-hybridized carbons (Fsp3) is 0.481. The van der Waals surface area contributed by atoms with Crippen LogP contribution < -0.4 is 11.1 Å². The molecule has 8 heteroatoms. The number of urea groups is 1. The number of nitrogens with two attached hydrogens (primary N) is 1. The minimum absolute atomic E-state index is 0.157. The van der Waals surface area contributed by atoms with Crippen LogP contribution in [0.5, 0.6) is 0 Å². The van der Waals surface area contributed by atoms with Crippen LogP contribution in [0.3, 0.4) is 0 Å². The second kappa shape index (κ2) is 9.64. The summed E-state index contributed by atoms with van der Waals surface area (Å²) in [7, 11) is -3.42. The molecule has 2 aliphatic carbocycles. The fourth-order valence-corrected chi connectivity index (χ4v) is 6.98. The van der Waals surface area contributed by atoms with Gasteiger partial charge in [0.2, 0.25) is 0 Å². The third kappa shape index (κ3) is 5.22. The van der Waals surface area contributed by atoms with Crippen LogP contribution >= 0.6 is 0 Å². The Bertz CT molecular complexity index is 1190. The van der Waals surface area contributed by atoms with Gasteiger partial charge in [0.1, 0.15) is 0 Å². The van der Waals surface area contributed by atoms with E-state index in [1.807, 2.05) is 6.07 Å². The molecular weight excluding hydrogens is 464 g/mol. The zero-order valence-electron chi connectivity index (χ0n) is 20.1. The first-order valence-corrected chi connectivity index (χ1v) is 14.1. The molecule has 35 heavy (non-hydrogen) atoms. The van der Waals surface area contributed by atoms with E-state index in [0.717, 1.165) is 36.8 Å². The lowest BCUT2D eigenvalue weighted by Gasteiger charge is -2.52. The van der Waals surface area contributed by atoms with Crippen LogP contribution in [0.2, 0.25) is 0 Å². The van der Waals surface area contributed by atoms with Crippen LogP contribution in [-0.4, -0.2) is 31.8 Å². The zero-order valence-corrected chi connectivity index (χ0v) is 20.9. The number of sulfone groups is 1. The molecule has 1 unspecified atom stereocenters. The van der Waals surface area contributed by atoms with Gasteiger partial charge in [-0.3, -0.25) is 0 Å². The lowest BCUT2D eigenvalue weighted by Crippen LogP contribution is -2.49. The Labute approximate surface area is 207 Å². The van der Waals surface area contributed by atoms with E-state index in [0.29, 0.717) is 5.41 Å². The Morgan fingerprint density at radius 2 is 1.57 bits per heavy atom. The van der Waals surface area contributed by atoms with Gasteiger partial charge >= 0.3 is 12.0 Å². The van der Waals surface area contributed by atoms with Crippen LogP contribution in [0.25, 0.3) is 0 Å². The van der Waals surface area contributed by atoms with Gasteiger partial charge in [0.25, 0.3) is 0 Å². The van der Waals surface area contributed by atoms with Crippen molar-refractivity contribution in [2.24, 2.45) is 11.1 Å². The lowest BCUT2D eigenvalue weighted by molar-refractivity contribution is 0.0658. The van der Waals surface area contributed by atoms with Crippen LogP contribution in [0.4, 0.5) is 4.79 Å². The first-order chi connectivity index (χ1) is 16.5. The molecule has 2 saturated carbocycles. The normalized spacial score (nSPS) is 20.1. The molecule has 0 radical (unpaired) electrons. The van der Waals surface area contributed by atoms with Gasteiger partial charge in [0.05, 0.1) is 16.5 Å². The summed E-state index contributed by atoms with van der Waals surface area (Å²) in [5.74, 6) is -1.02. The molecule has 2 fully saturated rings. The third-order valence-electron chi connectivity index (χ3n) is 8.28. The summed E-state index contributed by atoms with van der Waals surface area (Å²) in [5.41, 5.74) is 7.12. The average molecular weight is 499 g/mol. The topological polar surface area (TPSA) is 127 Å². The highest BCUT2D eigenvalue weighted by Crippen LogP contribution is 2.57. The largest absolute Gasteiger partial charge is 0.478 e. The molecule has 0 aromatic heterocycles. The van der Waals surface area contributed by atoms with E-state index in [9.17, 15) is 23.1 Å². The number of carboxylic acid groups (broad SMARTS) is 1. The molecule has 2 aromatic carbocycles. The van der Waals surface area contributed by atoms with Crippen LogP contribution in [0, 0.1) is 5.41 Å². The Balaban J connectivity index is 1.83. The summed E-state index contributed by atoms with van der Waals surface area (Å²) in [6.07, 6.45) is 10.8. The molecule has 188 valence electrons. The van der Waals surface area contributed by atoms with Crippen LogP contribution in [0.1, 0.15) is 85.3 Å². The SMILES string of the molecule is CS(=O)(=O)c1cccc(C2(C(NC(N)=O)c3ccc(C(=O)O)cc3)CCC3(CCCCC3)CC2)c1. The molecule has 2 aliphatic rings. The van der Waals surface area contributed by atoms with Crippen molar-refractivity contribution in [3.05, 3.63) is 65.2 Å². The predicted molar refractivity (Wildman–Crippen MR) is 134 cm³/mol. The van der Waals surface area contributed by atoms with E-state index < -0.39 is 33.3 Å². The molecule has 1 atom stereocenters. The Kier molecular flexibility index (Phi) is 6.95. The van der Waals surface area contributed by atoms with Crippen molar-refractivity contribution < 1.29 is 23.1 Å². The molecule has 0 heterocycles. The summed E-state index contributed by atoms with van der Waals surface area (Å²) in [6, 6.07) is 12.3. The minimum atomic E-state index is -3.42. The van der Waals surface area contributed by atoms with Crippen molar-refractivity contribution >= 4 is 21.8 Å². The fourth-order valence-electron chi connectivity index (χ4n) is 6.31. The van der Waals surface area contributed by atoms with Gasteiger partial charge in [-0.2, -0.15) is 0 Å². The minimum Gasteiger partial charge on any atom is -0.478 e. The first kappa shape index (κ1) is 25.2. The van der Waals surface area contributed by atoms with Gasteiger partial charge < -0.3 is 16.2 Å². The number of aromatic carboxylic acids is 1. The Hall–Kier alpha value is -2.87. The quantitative estimate of drug-likeness (QED) is 0.519. The van der Waals surface area contributed by atoms with Gasteiger partial charge in [-0.05, 0) is 79.3 Å². The van der Waals surface area contributed by atoms with Gasteiger partial charge in [0.15, 0.2) is 9.84 Å². The second-order valence-electron chi connectivity index (χ2n) is 10.4. The second-order valence-corrected chi connectivity index (χ2v) is 12.4. The molecule has 0 aliphatic heterocycles. The maximum absolute atomic E-state index is 12.4. The molecule has 7 nitrogen and oxygen atoms in total. The highest BCUT2D eigenvalue weighted by Gasteiger charge is 2.49. The number of amides is 2. The van der Waals surface area contributed by atoms with Gasteiger partial charge in [0, 0.05) is 11.7 Å². The molecule has 0 bridgehead atoms. The summed E-state index contributed by atoms with van der Waals surface area (Å²) >= 11 is 0. The first-order valence-electron chi connectivity index (χ1n) is 12.2. The highest BCUT2D eigenvalue weighted by molar-refractivity contribution is 7.90. The maximum Gasteiger partial charge on any atom is 0.335 e. The Morgan fingerprint density at radius 1 is 0.943 bits per heavy atom. The van der Waals surface area contributed by atoms with E-state index >= 15 is 0 Å². The smallest absolute Gasteiger partial charge is 0.335 e. The number of hydrogen-bond donors (Lipinski definition) is 3. The van der Waals surface area contributed by atoms with Crippen molar-refractivity contribution in [1.82, 2.24) is 5.32 Å². The van der Waals surface area contributed by atoms with Gasteiger partial charge in [-0.1, -0.05) is 43.5 Å². The number of hydrogen-bond acceptors (Lipinski definition) is 4. The van der Waals surface area contributed by atoms with Gasteiger partial charge in [-0.15, -0.1) is 0 Å². The van der Waals surface area contributed by atoms with Crippen molar-refractivity contribution in [2.75, 3.05) is 6.26 Å². The van der Waals surface area contributed by atoms with Crippen LogP contribution in [0.15, 0.2) is 53.4 Å². The summed E-state index contributed by atoms with van der Waals surface area (Å²) in [6.45, 7) is 0. The number of rotatable bonds is 6. The molecule has 1 spiro atoms. The molecule has 4 rings (SSSR count). The molecule has 2 aromatic rings. The van der Waals surface area contributed by atoms with E-state index in [4.69, 9.17) is 5.73 Å². The highest BCUT2D eigenvalue weighted by atomic mass is 32.2. The number of carbonyl (C=O) groups excluding carboxylic acids is 1. The zero-order chi connectivity index (χ0) is 25.3. The van der Waals surface area contributed by atoms with Crippen molar-refractivity contribution in [1.29, 1.82) is 0 Å².